The van der Waals surface area contributed by atoms with Gasteiger partial charge in [-0.1, -0.05) is 23.8 Å². The van der Waals surface area contributed by atoms with E-state index in [4.69, 9.17) is 29.6 Å². The van der Waals surface area contributed by atoms with Gasteiger partial charge in [-0.15, -0.1) is 0 Å². The van der Waals surface area contributed by atoms with Crippen LogP contribution in [0.5, 0.6) is 0 Å². The van der Waals surface area contributed by atoms with Crippen LogP contribution >= 0.6 is 23.8 Å². The van der Waals surface area contributed by atoms with Gasteiger partial charge in [-0.05, 0) is 18.2 Å². The standard InChI is InChI=1S/C13H15ClFN3OS/c14-9-1-2-10(11(15)7-9)13(19)18-5-3-17(4-6-18)8-12(16)20/h1-2,7H,3-6,8H2,(H2,16,20). The fourth-order valence-electron chi connectivity index (χ4n) is 2.16. The Bertz CT molecular complexity index is 532. The molecule has 1 saturated heterocycles. The van der Waals surface area contributed by atoms with Gasteiger partial charge in [0.05, 0.1) is 10.6 Å². The van der Waals surface area contributed by atoms with Gasteiger partial charge < -0.3 is 10.6 Å². The highest BCUT2D eigenvalue weighted by Gasteiger charge is 2.24. The number of piperazine rings is 1. The summed E-state index contributed by atoms with van der Waals surface area (Å²) in [6.45, 7) is 2.97. The Morgan fingerprint density at radius 2 is 2.00 bits per heavy atom. The van der Waals surface area contributed by atoms with Crippen molar-refractivity contribution in [2.45, 2.75) is 0 Å². The van der Waals surface area contributed by atoms with E-state index in [2.05, 4.69) is 4.90 Å². The Morgan fingerprint density at radius 1 is 1.35 bits per heavy atom. The maximum atomic E-state index is 13.7. The van der Waals surface area contributed by atoms with Gasteiger partial charge in [0.15, 0.2) is 0 Å². The molecule has 4 nitrogen and oxygen atoms in total. The lowest BCUT2D eigenvalue weighted by Gasteiger charge is -2.34. The molecule has 0 aliphatic carbocycles. The Morgan fingerprint density at radius 3 is 2.55 bits per heavy atom. The molecule has 0 bridgehead atoms. The van der Waals surface area contributed by atoms with E-state index in [0.29, 0.717) is 37.7 Å². The normalized spacial score (nSPS) is 16.2. The van der Waals surface area contributed by atoms with Crippen LogP contribution in [0.2, 0.25) is 5.02 Å². The molecule has 7 heteroatoms. The molecule has 2 rings (SSSR count). The lowest BCUT2D eigenvalue weighted by molar-refractivity contribution is 0.0650. The molecule has 108 valence electrons. The van der Waals surface area contributed by atoms with Crippen LogP contribution in [0.1, 0.15) is 10.4 Å². The minimum absolute atomic E-state index is 0.0530. The highest BCUT2D eigenvalue weighted by molar-refractivity contribution is 7.80. The Labute approximate surface area is 127 Å². The zero-order chi connectivity index (χ0) is 14.7. The number of amides is 1. The predicted molar refractivity (Wildman–Crippen MR) is 80.5 cm³/mol. The van der Waals surface area contributed by atoms with E-state index in [1.165, 1.54) is 12.1 Å². The molecule has 0 aromatic heterocycles. The zero-order valence-electron chi connectivity index (χ0n) is 10.8. The van der Waals surface area contributed by atoms with Crippen molar-refractivity contribution >= 4 is 34.7 Å². The molecule has 0 unspecified atom stereocenters. The van der Waals surface area contributed by atoms with Crippen LogP contribution in [0.15, 0.2) is 18.2 Å². The molecule has 1 amide bonds. The number of nitrogens with zero attached hydrogens (tertiary/aromatic N) is 2. The summed E-state index contributed by atoms with van der Waals surface area (Å²) in [6.07, 6.45) is 0. The van der Waals surface area contributed by atoms with Crippen LogP contribution in [0, 0.1) is 5.82 Å². The molecular formula is C13H15ClFN3OS. The summed E-state index contributed by atoms with van der Waals surface area (Å²) in [4.78, 5) is 16.4. The third-order valence-corrected chi connectivity index (χ3v) is 3.56. The summed E-state index contributed by atoms with van der Waals surface area (Å²) in [6, 6.07) is 4.08. The van der Waals surface area contributed by atoms with Crippen LogP contribution in [0.25, 0.3) is 0 Å². The number of nitrogens with two attached hydrogens (primary N) is 1. The number of carbonyl (C=O) groups is 1. The lowest BCUT2D eigenvalue weighted by Crippen LogP contribution is -2.50. The third kappa shape index (κ3) is 3.65. The fraction of sp³-hybridized carbons (Fsp3) is 0.385. The van der Waals surface area contributed by atoms with Crippen molar-refractivity contribution in [1.29, 1.82) is 0 Å². The average Bonchev–Trinajstić information content (AvgIpc) is 2.38. The summed E-state index contributed by atoms with van der Waals surface area (Å²) >= 11 is 10.5. The van der Waals surface area contributed by atoms with Crippen LogP contribution in [-0.4, -0.2) is 53.4 Å². The summed E-state index contributed by atoms with van der Waals surface area (Å²) in [5, 5.41) is 0.278. The molecule has 20 heavy (non-hydrogen) atoms. The Balaban J connectivity index is 1.99. The number of hydrogen-bond acceptors (Lipinski definition) is 3. The second kappa shape index (κ2) is 6.47. The van der Waals surface area contributed by atoms with Gasteiger partial charge in [-0.25, -0.2) is 4.39 Å². The first-order valence-electron chi connectivity index (χ1n) is 6.22. The first kappa shape index (κ1) is 15.2. The maximum absolute atomic E-state index is 13.7. The summed E-state index contributed by atoms with van der Waals surface area (Å²) in [7, 11) is 0. The van der Waals surface area contributed by atoms with E-state index in [9.17, 15) is 9.18 Å². The smallest absolute Gasteiger partial charge is 0.256 e. The van der Waals surface area contributed by atoms with Crippen molar-refractivity contribution in [3.63, 3.8) is 0 Å². The topological polar surface area (TPSA) is 49.6 Å². The van der Waals surface area contributed by atoms with Gasteiger partial charge in [0.25, 0.3) is 5.91 Å². The molecule has 1 aromatic carbocycles. The number of hydrogen-bond donors (Lipinski definition) is 1. The molecule has 0 spiro atoms. The van der Waals surface area contributed by atoms with Crippen molar-refractivity contribution in [2.75, 3.05) is 32.7 Å². The summed E-state index contributed by atoms with van der Waals surface area (Å²) < 4.78 is 13.7. The van der Waals surface area contributed by atoms with Crippen LogP contribution in [-0.2, 0) is 0 Å². The van der Waals surface area contributed by atoms with Gasteiger partial charge in [0.1, 0.15) is 5.82 Å². The first-order valence-corrected chi connectivity index (χ1v) is 7.01. The first-order chi connectivity index (χ1) is 9.47. The van der Waals surface area contributed by atoms with Crippen molar-refractivity contribution in [1.82, 2.24) is 9.80 Å². The number of thiocarbonyl (C=S) groups is 1. The number of rotatable bonds is 3. The monoisotopic (exact) mass is 315 g/mol. The highest BCUT2D eigenvalue weighted by Crippen LogP contribution is 2.17. The van der Waals surface area contributed by atoms with Crippen molar-refractivity contribution in [3.05, 3.63) is 34.6 Å². The number of carbonyl (C=O) groups excluding carboxylic acids is 1. The van der Waals surface area contributed by atoms with Crippen LogP contribution in [0.3, 0.4) is 0 Å². The molecule has 0 saturated carbocycles. The molecule has 1 aliphatic heterocycles. The second-order valence-corrected chi connectivity index (χ2v) is 5.62. The number of halogens is 2. The summed E-state index contributed by atoms with van der Waals surface area (Å²) in [5.74, 6) is -0.901. The quantitative estimate of drug-likeness (QED) is 0.859. The Hall–Kier alpha value is -1.24. The molecule has 2 N–H and O–H groups in total. The van der Waals surface area contributed by atoms with E-state index in [1.54, 1.807) is 4.90 Å². The van der Waals surface area contributed by atoms with Gasteiger partial charge in [-0.3, -0.25) is 9.69 Å². The predicted octanol–water partition coefficient (Wildman–Crippen LogP) is 1.52. The lowest BCUT2D eigenvalue weighted by atomic mass is 10.1. The van der Waals surface area contributed by atoms with Crippen molar-refractivity contribution < 1.29 is 9.18 Å². The zero-order valence-corrected chi connectivity index (χ0v) is 12.4. The van der Waals surface area contributed by atoms with Gasteiger partial charge in [0, 0.05) is 37.7 Å². The second-order valence-electron chi connectivity index (χ2n) is 4.66. The van der Waals surface area contributed by atoms with Gasteiger partial charge in [0.2, 0.25) is 0 Å². The fourth-order valence-corrected chi connectivity index (χ4v) is 2.50. The molecule has 1 aliphatic rings. The van der Waals surface area contributed by atoms with Crippen LogP contribution < -0.4 is 5.73 Å². The van der Waals surface area contributed by atoms with E-state index in [1.807, 2.05) is 0 Å². The van der Waals surface area contributed by atoms with E-state index in [0.717, 1.165) is 6.07 Å². The molecule has 0 atom stereocenters. The SMILES string of the molecule is NC(=S)CN1CCN(C(=O)c2ccc(Cl)cc2F)CC1. The average molecular weight is 316 g/mol. The van der Waals surface area contributed by atoms with Gasteiger partial charge in [-0.2, -0.15) is 0 Å². The van der Waals surface area contributed by atoms with E-state index >= 15 is 0 Å². The molecule has 0 radical (unpaired) electrons. The molecule has 1 heterocycles. The molecular weight excluding hydrogens is 301 g/mol. The Kier molecular flexibility index (Phi) is 4.91. The van der Waals surface area contributed by atoms with Crippen LogP contribution in [0.4, 0.5) is 4.39 Å². The maximum Gasteiger partial charge on any atom is 0.256 e. The molecule has 1 fully saturated rings. The number of benzene rings is 1. The third-order valence-electron chi connectivity index (χ3n) is 3.20. The van der Waals surface area contributed by atoms with Crippen molar-refractivity contribution in [2.24, 2.45) is 5.73 Å². The molecule has 1 aromatic rings. The van der Waals surface area contributed by atoms with Crippen molar-refractivity contribution in [3.8, 4) is 0 Å². The largest absolute Gasteiger partial charge is 0.392 e. The minimum Gasteiger partial charge on any atom is -0.392 e. The van der Waals surface area contributed by atoms with E-state index < -0.39 is 5.82 Å². The minimum atomic E-state index is -0.590. The summed E-state index contributed by atoms with van der Waals surface area (Å²) in [5.41, 5.74) is 5.54. The van der Waals surface area contributed by atoms with Gasteiger partial charge >= 0.3 is 0 Å². The van der Waals surface area contributed by atoms with E-state index in [-0.39, 0.29) is 16.5 Å². The highest BCUT2D eigenvalue weighted by atomic mass is 35.5.